The van der Waals surface area contributed by atoms with Crippen molar-refractivity contribution in [2.24, 2.45) is 0 Å². The summed E-state index contributed by atoms with van der Waals surface area (Å²) in [6.45, 7) is 5.59. The van der Waals surface area contributed by atoms with E-state index in [0.717, 1.165) is 22.3 Å². The van der Waals surface area contributed by atoms with Crippen molar-refractivity contribution < 1.29 is 23.1 Å². The minimum Gasteiger partial charge on any atom is -0.477 e. The zero-order chi connectivity index (χ0) is 20.6. The average molecular weight is 389 g/mol. The van der Waals surface area contributed by atoms with Crippen molar-refractivity contribution in [1.29, 1.82) is 0 Å². The Balaban J connectivity index is 2.23. The highest BCUT2D eigenvalue weighted by Crippen LogP contribution is 2.36. The molecule has 3 rings (SSSR count). The molecule has 0 radical (unpaired) electrons. The quantitative estimate of drug-likeness (QED) is 0.574. The Morgan fingerprint density at radius 3 is 2.46 bits per heavy atom. The van der Waals surface area contributed by atoms with Gasteiger partial charge in [-0.1, -0.05) is 32.0 Å². The molecule has 2 aromatic carbocycles. The number of fused-ring (bicyclic) bond motifs is 1. The van der Waals surface area contributed by atoms with E-state index in [1.54, 1.807) is 19.1 Å². The first-order valence-corrected chi connectivity index (χ1v) is 9.13. The lowest BCUT2D eigenvalue weighted by Crippen LogP contribution is -2.28. The van der Waals surface area contributed by atoms with Gasteiger partial charge in [-0.2, -0.15) is 8.78 Å². The molecule has 0 aliphatic heterocycles. The first-order chi connectivity index (χ1) is 13.1. The lowest BCUT2D eigenvalue weighted by atomic mass is 9.97. The second kappa shape index (κ2) is 7.34. The van der Waals surface area contributed by atoms with Crippen LogP contribution in [0.1, 0.15) is 43.0 Å². The SMILES string of the molecule is Cc1cc(-n2c(C(C)C)c(CCC(F)(F)C(=O)O)c3ccccc32)ccc1F. The van der Waals surface area contributed by atoms with E-state index < -0.39 is 18.3 Å². The van der Waals surface area contributed by atoms with Crippen LogP contribution >= 0.6 is 0 Å². The third-order valence-electron chi connectivity index (χ3n) is 4.97. The van der Waals surface area contributed by atoms with Gasteiger partial charge in [0.15, 0.2) is 0 Å². The number of carboxylic acid groups (broad SMARTS) is 1. The van der Waals surface area contributed by atoms with Crippen molar-refractivity contribution in [3.05, 3.63) is 65.1 Å². The Kier molecular flexibility index (Phi) is 5.24. The van der Waals surface area contributed by atoms with Crippen LogP contribution in [-0.2, 0) is 11.2 Å². The molecule has 6 heteroatoms. The number of alkyl halides is 2. The van der Waals surface area contributed by atoms with Crippen molar-refractivity contribution in [3.63, 3.8) is 0 Å². The van der Waals surface area contributed by atoms with Crippen LogP contribution in [0.5, 0.6) is 0 Å². The summed E-state index contributed by atoms with van der Waals surface area (Å²) < 4.78 is 43.2. The fourth-order valence-electron chi connectivity index (χ4n) is 3.63. The molecular formula is C22H22F3NO2. The van der Waals surface area contributed by atoms with Gasteiger partial charge in [0.2, 0.25) is 0 Å². The van der Waals surface area contributed by atoms with Gasteiger partial charge in [-0.25, -0.2) is 9.18 Å². The first kappa shape index (κ1) is 20.0. The van der Waals surface area contributed by atoms with Crippen LogP contribution in [0.4, 0.5) is 13.2 Å². The Morgan fingerprint density at radius 2 is 1.86 bits per heavy atom. The summed E-state index contributed by atoms with van der Waals surface area (Å²) in [7, 11) is 0. The van der Waals surface area contributed by atoms with E-state index in [9.17, 15) is 18.0 Å². The highest BCUT2D eigenvalue weighted by Gasteiger charge is 2.38. The molecule has 28 heavy (non-hydrogen) atoms. The van der Waals surface area contributed by atoms with E-state index in [0.29, 0.717) is 11.1 Å². The number of aryl methyl sites for hydroxylation is 2. The van der Waals surface area contributed by atoms with Gasteiger partial charge in [0.1, 0.15) is 5.82 Å². The highest BCUT2D eigenvalue weighted by molar-refractivity contribution is 5.88. The molecule has 3 aromatic rings. The summed E-state index contributed by atoms with van der Waals surface area (Å²) in [5.41, 5.74) is 3.59. The summed E-state index contributed by atoms with van der Waals surface area (Å²) in [4.78, 5) is 10.8. The number of aromatic nitrogens is 1. The second-order valence-electron chi connectivity index (χ2n) is 7.31. The van der Waals surface area contributed by atoms with E-state index in [1.807, 2.05) is 42.7 Å². The van der Waals surface area contributed by atoms with E-state index >= 15 is 0 Å². The molecule has 1 heterocycles. The number of para-hydroxylation sites is 1. The predicted molar refractivity (Wildman–Crippen MR) is 103 cm³/mol. The number of rotatable bonds is 6. The molecule has 0 aliphatic carbocycles. The molecule has 0 fully saturated rings. The smallest absolute Gasteiger partial charge is 0.374 e. The molecule has 1 aromatic heterocycles. The van der Waals surface area contributed by atoms with Gasteiger partial charge in [-0.15, -0.1) is 0 Å². The number of carboxylic acids is 1. The third kappa shape index (κ3) is 3.51. The zero-order valence-corrected chi connectivity index (χ0v) is 16.0. The number of benzene rings is 2. The molecule has 0 aliphatic rings. The highest BCUT2D eigenvalue weighted by atomic mass is 19.3. The van der Waals surface area contributed by atoms with Crippen LogP contribution in [0.3, 0.4) is 0 Å². The van der Waals surface area contributed by atoms with E-state index in [4.69, 9.17) is 5.11 Å². The second-order valence-corrected chi connectivity index (χ2v) is 7.31. The fourth-order valence-corrected chi connectivity index (χ4v) is 3.63. The molecule has 148 valence electrons. The van der Waals surface area contributed by atoms with E-state index in [2.05, 4.69) is 0 Å². The summed E-state index contributed by atoms with van der Waals surface area (Å²) in [5.74, 6) is -6.22. The van der Waals surface area contributed by atoms with Crippen molar-refractivity contribution in [1.82, 2.24) is 4.57 Å². The first-order valence-electron chi connectivity index (χ1n) is 9.13. The molecular weight excluding hydrogens is 367 g/mol. The fraction of sp³-hybridized carbons (Fsp3) is 0.318. The summed E-state index contributed by atoms with van der Waals surface area (Å²) in [6, 6.07) is 12.2. The van der Waals surface area contributed by atoms with Crippen LogP contribution in [-0.4, -0.2) is 21.6 Å². The van der Waals surface area contributed by atoms with Gasteiger partial charge >= 0.3 is 11.9 Å². The monoisotopic (exact) mass is 389 g/mol. The largest absolute Gasteiger partial charge is 0.477 e. The van der Waals surface area contributed by atoms with E-state index in [1.165, 1.54) is 6.07 Å². The zero-order valence-electron chi connectivity index (χ0n) is 16.0. The lowest BCUT2D eigenvalue weighted by Gasteiger charge is -2.17. The maximum Gasteiger partial charge on any atom is 0.374 e. The number of hydrogen-bond donors (Lipinski definition) is 1. The molecule has 0 saturated carbocycles. The van der Waals surface area contributed by atoms with Gasteiger partial charge in [0.05, 0.1) is 5.52 Å². The standard InChI is InChI=1S/C22H22F3NO2/c1-13(2)20-17(10-11-22(24,25)21(27)28)16-6-4-5-7-19(16)26(20)15-8-9-18(23)14(3)12-15/h4-9,12-13H,10-11H2,1-3H3,(H,27,28). The van der Waals surface area contributed by atoms with Crippen molar-refractivity contribution in [2.75, 3.05) is 0 Å². The summed E-state index contributed by atoms with van der Waals surface area (Å²) in [6.07, 6.45) is -0.848. The Hall–Kier alpha value is -2.76. The number of carbonyl (C=O) groups is 1. The third-order valence-corrected chi connectivity index (χ3v) is 4.97. The number of aliphatic carboxylic acids is 1. The number of halogens is 3. The molecule has 0 unspecified atom stereocenters. The minimum atomic E-state index is -3.79. The van der Waals surface area contributed by atoms with Crippen molar-refractivity contribution in [3.8, 4) is 5.69 Å². The Labute approximate surface area is 161 Å². The maximum absolute atomic E-state index is 13.8. The maximum atomic E-state index is 13.8. The van der Waals surface area contributed by atoms with Crippen LogP contribution in [0, 0.1) is 12.7 Å². The molecule has 0 amide bonds. The van der Waals surface area contributed by atoms with Gasteiger partial charge in [0.25, 0.3) is 0 Å². The van der Waals surface area contributed by atoms with Crippen LogP contribution in [0.15, 0.2) is 42.5 Å². The van der Waals surface area contributed by atoms with Crippen molar-refractivity contribution >= 4 is 16.9 Å². The number of hydrogen-bond acceptors (Lipinski definition) is 1. The summed E-state index contributed by atoms with van der Waals surface area (Å²) in [5, 5.41) is 9.56. The molecule has 0 saturated heterocycles. The average Bonchev–Trinajstić information content (AvgIpc) is 2.97. The predicted octanol–water partition coefficient (Wildman–Crippen LogP) is 5.85. The molecule has 0 bridgehead atoms. The molecule has 3 nitrogen and oxygen atoms in total. The van der Waals surface area contributed by atoms with Gasteiger partial charge in [0, 0.05) is 23.2 Å². The van der Waals surface area contributed by atoms with E-state index in [-0.39, 0.29) is 18.2 Å². The molecule has 0 spiro atoms. The number of nitrogens with zero attached hydrogens (tertiary/aromatic N) is 1. The van der Waals surface area contributed by atoms with Gasteiger partial charge in [-0.05, 0) is 54.7 Å². The molecule has 1 N–H and O–H groups in total. The Morgan fingerprint density at radius 1 is 1.18 bits per heavy atom. The van der Waals surface area contributed by atoms with Crippen molar-refractivity contribution in [2.45, 2.75) is 45.5 Å². The van der Waals surface area contributed by atoms with Gasteiger partial charge < -0.3 is 9.67 Å². The van der Waals surface area contributed by atoms with Crippen LogP contribution in [0.25, 0.3) is 16.6 Å². The normalized spacial score (nSPS) is 12.1. The lowest BCUT2D eigenvalue weighted by molar-refractivity contribution is -0.165. The topological polar surface area (TPSA) is 42.2 Å². The minimum absolute atomic E-state index is 0.00814. The Bertz CT molecular complexity index is 1040. The van der Waals surface area contributed by atoms with Gasteiger partial charge in [-0.3, -0.25) is 0 Å². The van der Waals surface area contributed by atoms with Crippen LogP contribution in [0.2, 0.25) is 0 Å². The summed E-state index contributed by atoms with van der Waals surface area (Å²) >= 11 is 0. The van der Waals surface area contributed by atoms with Crippen LogP contribution < -0.4 is 0 Å². The molecule has 0 atom stereocenters.